The SMILES string of the molecule is CC.Cc1ncc(Cl)cc1Br. The molecule has 0 aromatic carbocycles. The maximum Gasteiger partial charge on any atom is 0.0600 e. The summed E-state index contributed by atoms with van der Waals surface area (Å²) in [6, 6.07) is 1.82. The van der Waals surface area contributed by atoms with Gasteiger partial charge in [-0.25, -0.2) is 0 Å². The van der Waals surface area contributed by atoms with Crippen LogP contribution in [0.2, 0.25) is 5.02 Å². The summed E-state index contributed by atoms with van der Waals surface area (Å²) < 4.78 is 0.954. The Morgan fingerprint density at radius 1 is 1.45 bits per heavy atom. The van der Waals surface area contributed by atoms with Gasteiger partial charge in [-0.15, -0.1) is 0 Å². The van der Waals surface area contributed by atoms with Crippen molar-refractivity contribution in [3.63, 3.8) is 0 Å². The lowest BCUT2D eigenvalue weighted by atomic mass is 10.4. The van der Waals surface area contributed by atoms with Gasteiger partial charge < -0.3 is 0 Å². The molecule has 3 heteroatoms. The van der Waals surface area contributed by atoms with Crippen molar-refractivity contribution < 1.29 is 0 Å². The summed E-state index contributed by atoms with van der Waals surface area (Å²) in [5.41, 5.74) is 0.958. The zero-order valence-corrected chi connectivity index (χ0v) is 9.20. The Balaban J connectivity index is 0.000000461. The van der Waals surface area contributed by atoms with E-state index in [0.29, 0.717) is 5.02 Å². The van der Waals surface area contributed by atoms with Gasteiger partial charge in [-0.1, -0.05) is 25.4 Å². The molecule has 0 aliphatic carbocycles. The highest BCUT2D eigenvalue weighted by Crippen LogP contribution is 2.17. The maximum absolute atomic E-state index is 5.62. The smallest absolute Gasteiger partial charge is 0.0600 e. The quantitative estimate of drug-likeness (QED) is 0.667. The van der Waals surface area contributed by atoms with Crippen LogP contribution in [0.25, 0.3) is 0 Å². The lowest BCUT2D eigenvalue weighted by Crippen LogP contribution is -1.79. The molecule has 0 aliphatic rings. The molecule has 0 spiro atoms. The predicted octanol–water partition coefficient (Wildman–Crippen LogP) is 3.83. The highest BCUT2D eigenvalue weighted by Gasteiger charge is 1.93. The lowest BCUT2D eigenvalue weighted by molar-refractivity contribution is 1.18. The van der Waals surface area contributed by atoms with E-state index in [4.69, 9.17) is 11.6 Å². The molecule has 0 unspecified atom stereocenters. The van der Waals surface area contributed by atoms with Crippen molar-refractivity contribution in [2.75, 3.05) is 0 Å². The first-order valence-electron chi connectivity index (χ1n) is 3.48. The molecule has 62 valence electrons. The molecule has 1 aromatic rings. The number of pyridine rings is 1. The topological polar surface area (TPSA) is 12.9 Å². The Bertz CT molecular complexity index is 225. The maximum atomic E-state index is 5.62. The monoisotopic (exact) mass is 235 g/mol. The molecule has 0 amide bonds. The first-order chi connectivity index (χ1) is 5.20. The molecule has 0 saturated heterocycles. The largest absolute Gasteiger partial charge is 0.259 e. The first-order valence-corrected chi connectivity index (χ1v) is 4.65. The molecule has 1 rings (SSSR count). The second-order valence-electron chi connectivity index (χ2n) is 1.72. The van der Waals surface area contributed by atoms with E-state index in [1.54, 1.807) is 6.20 Å². The molecule has 0 radical (unpaired) electrons. The average molecular weight is 237 g/mol. The lowest BCUT2D eigenvalue weighted by Gasteiger charge is -1.94. The minimum absolute atomic E-state index is 0.660. The average Bonchev–Trinajstić information content (AvgIpc) is 2.02. The van der Waals surface area contributed by atoms with Gasteiger partial charge in [0.15, 0.2) is 0 Å². The fraction of sp³-hybridized carbons (Fsp3) is 0.375. The van der Waals surface area contributed by atoms with Gasteiger partial charge in [-0.2, -0.15) is 0 Å². The summed E-state index contributed by atoms with van der Waals surface area (Å²) in [4.78, 5) is 4.00. The van der Waals surface area contributed by atoms with Crippen LogP contribution in [0.5, 0.6) is 0 Å². The van der Waals surface area contributed by atoms with E-state index in [0.717, 1.165) is 10.2 Å². The van der Waals surface area contributed by atoms with E-state index in [-0.39, 0.29) is 0 Å². The summed E-state index contributed by atoms with van der Waals surface area (Å²) >= 11 is 8.92. The molecule has 1 heterocycles. The van der Waals surface area contributed by atoms with Crippen LogP contribution in [0.1, 0.15) is 19.5 Å². The van der Waals surface area contributed by atoms with E-state index < -0.39 is 0 Å². The summed E-state index contributed by atoms with van der Waals surface area (Å²) in [6.45, 7) is 5.92. The van der Waals surface area contributed by atoms with Crippen molar-refractivity contribution in [2.45, 2.75) is 20.8 Å². The van der Waals surface area contributed by atoms with Crippen LogP contribution in [0.3, 0.4) is 0 Å². The number of aryl methyl sites for hydroxylation is 1. The third-order valence-electron chi connectivity index (χ3n) is 0.992. The van der Waals surface area contributed by atoms with E-state index in [1.807, 2.05) is 26.8 Å². The van der Waals surface area contributed by atoms with Crippen molar-refractivity contribution in [1.82, 2.24) is 4.98 Å². The second kappa shape index (κ2) is 5.56. The highest BCUT2D eigenvalue weighted by atomic mass is 79.9. The molecule has 0 N–H and O–H groups in total. The van der Waals surface area contributed by atoms with Crippen LogP contribution in [-0.4, -0.2) is 4.98 Å². The number of rotatable bonds is 0. The van der Waals surface area contributed by atoms with E-state index in [9.17, 15) is 0 Å². The number of hydrogen-bond donors (Lipinski definition) is 0. The van der Waals surface area contributed by atoms with Crippen molar-refractivity contribution >= 4 is 27.5 Å². The van der Waals surface area contributed by atoms with Crippen LogP contribution in [0.4, 0.5) is 0 Å². The van der Waals surface area contributed by atoms with Crippen LogP contribution >= 0.6 is 27.5 Å². The summed E-state index contributed by atoms with van der Waals surface area (Å²) in [5.74, 6) is 0. The van der Waals surface area contributed by atoms with Crippen LogP contribution in [0, 0.1) is 6.92 Å². The number of nitrogens with zero attached hydrogens (tertiary/aromatic N) is 1. The van der Waals surface area contributed by atoms with Gasteiger partial charge in [-0.3, -0.25) is 4.98 Å². The number of hydrogen-bond acceptors (Lipinski definition) is 1. The zero-order chi connectivity index (χ0) is 8.85. The highest BCUT2D eigenvalue weighted by molar-refractivity contribution is 9.10. The minimum Gasteiger partial charge on any atom is -0.259 e. The number of halogens is 2. The van der Waals surface area contributed by atoms with Crippen molar-refractivity contribution in [3.05, 3.63) is 27.5 Å². The first kappa shape index (κ1) is 10.9. The van der Waals surface area contributed by atoms with Gasteiger partial charge in [0.25, 0.3) is 0 Å². The standard InChI is InChI=1S/C6H5BrClN.C2H6/c1-4-6(7)2-5(8)3-9-4;1-2/h2-3H,1H3;1-2H3. The molecular formula is C8H11BrClN. The van der Waals surface area contributed by atoms with E-state index >= 15 is 0 Å². The Hall–Kier alpha value is -0.0800. The zero-order valence-electron chi connectivity index (χ0n) is 6.86. The van der Waals surface area contributed by atoms with Crippen molar-refractivity contribution in [1.29, 1.82) is 0 Å². The van der Waals surface area contributed by atoms with E-state index in [2.05, 4.69) is 20.9 Å². The Labute approximate surface area is 80.9 Å². The number of aromatic nitrogens is 1. The molecule has 0 fully saturated rings. The molecule has 11 heavy (non-hydrogen) atoms. The third kappa shape index (κ3) is 3.73. The normalized spacial score (nSPS) is 8.45. The summed E-state index contributed by atoms with van der Waals surface area (Å²) in [7, 11) is 0. The van der Waals surface area contributed by atoms with Gasteiger partial charge in [-0.05, 0) is 28.9 Å². The van der Waals surface area contributed by atoms with E-state index in [1.165, 1.54) is 0 Å². The van der Waals surface area contributed by atoms with Crippen LogP contribution in [0.15, 0.2) is 16.7 Å². The summed E-state index contributed by atoms with van der Waals surface area (Å²) in [6.07, 6.45) is 1.63. The van der Waals surface area contributed by atoms with Crippen molar-refractivity contribution in [3.8, 4) is 0 Å². The molecule has 0 aliphatic heterocycles. The van der Waals surface area contributed by atoms with Gasteiger partial charge in [0.1, 0.15) is 0 Å². The fourth-order valence-electron chi connectivity index (χ4n) is 0.483. The molecule has 1 nitrogen and oxygen atoms in total. The summed E-state index contributed by atoms with van der Waals surface area (Å²) in [5, 5.41) is 0.660. The molecule has 0 saturated carbocycles. The Morgan fingerprint density at radius 2 is 2.00 bits per heavy atom. The van der Waals surface area contributed by atoms with Crippen molar-refractivity contribution in [2.24, 2.45) is 0 Å². The minimum atomic E-state index is 0.660. The van der Waals surface area contributed by atoms with Gasteiger partial charge in [0.2, 0.25) is 0 Å². The Kier molecular flexibility index (Phi) is 5.51. The predicted molar refractivity (Wildman–Crippen MR) is 53.0 cm³/mol. The third-order valence-corrected chi connectivity index (χ3v) is 2.00. The van der Waals surface area contributed by atoms with Gasteiger partial charge >= 0.3 is 0 Å². The second-order valence-corrected chi connectivity index (χ2v) is 3.01. The van der Waals surface area contributed by atoms with Crippen LogP contribution < -0.4 is 0 Å². The van der Waals surface area contributed by atoms with Crippen LogP contribution in [-0.2, 0) is 0 Å². The van der Waals surface area contributed by atoms with Gasteiger partial charge in [0, 0.05) is 10.7 Å². The molecular weight excluding hydrogens is 225 g/mol. The molecule has 1 aromatic heterocycles. The fourth-order valence-corrected chi connectivity index (χ4v) is 1.12. The van der Waals surface area contributed by atoms with Gasteiger partial charge in [0.05, 0.1) is 10.7 Å². The molecule has 0 bridgehead atoms. The Morgan fingerprint density at radius 3 is 2.36 bits per heavy atom. The molecule has 0 atom stereocenters.